The van der Waals surface area contributed by atoms with E-state index in [0.717, 1.165) is 35.5 Å². The molecular weight excluding hydrogens is 382 g/mol. The Bertz CT molecular complexity index is 1010. The molecule has 2 aliphatic rings. The number of amides is 1. The summed E-state index contributed by atoms with van der Waals surface area (Å²) in [6.07, 6.45) is 3.17. The fourth-order valence-electron chi connectivity index (χ4n) is 4.44. The lowest BCUT2D eigenvalue weighted by atomic mass is 9.84. The Morgan fingerprint density at radius 2 is 2.00 bits per heavy atom. The van der Waals surface area contributed by atoms with Crippen LogP contribution < -0.4 is 10.1 Å². The Labute approximate surface area is 174 Å². The summed E-state index contributed by atoms with van der Waals surface area (Å²) in [5, 5.41) is 3.66. The van der Waals surface area contributed by atoms with Crippen LogP contribution >= 0.6 is 11.3 Å². The van der Waals surface area contributed by atoms with Gasteiger partial charge in [-0.05, 0) is 74.6 Å². The third-order valence-corrected chi connectivity index (χ3v) is 7.08. The van der Waals surface area contributed by atoms with Gasteiger partial charge in [0.05, 0.1) is 16.3 Å². The van der Waals surface area contributed by atoms with Gasteiger partial charge in [0.25, 0.3) is 5.91 Å². The number of carbonyl (C=O) groups excluding carboxylic acids is 1. The minimum Gasteiger partial charge on any atom is -0.491 e. The van der Waals surface area contributed by atoms with Gasteiger partial charge < -0.3 is 15.0 Å². The zero-order valence-corrected chi connectivity index (χ0v) is 17.4. The molecule has 0 unspecified atom stereocenters. The Hall–Kier alpha value is -2.44. The van der Waals surface area contributed by atoms with Gasteiger partial charge in [0.1, 0.15) is 12.4 Å². The van der Waals surface area contributed by atoms with Crippen LogP contribution in [0.25, 0.3) is 10.2 Å². The summed E-state index contributed by atoms with van der Waals surface area (Å²) in [5.41, 5.74) is 3.54. The van der Waals surface area contributed by atoms with E-state index >= 15 is 0 Å². The number of para-hydroxylation sites is 1. The van der Waals surface area contributed by atoms with Gasteiger partial charge in [0, 0.05) is 0 Å². The SMILES string of the molecule is CN1CCC(c2cccc3c2C[C@H](NC(=O)c2nc4ccccc4s2)CO3)CC1. The number of likely N-dealkylation sites (tertiary alicyclic amines) is 1. The van der Waals surface area contributed by atoms with Crippen molar-refractivity contribution in [2.75, 3.05) is 26.7 Å². The molecule has 1 aromatic heterocycles. The summed E-state index contributed by atoms with van der Waals surface area (Å²) in [7, 11) is 2.19. The van der Waals surface area contributed by atoms with Crippen molar-refractivity contribution in [2.45, 2.75) is 31.2 Å². The van der Waals surface area contributed by atoms with Crippen molar-refractivity contribution < 1.29 is 9.53 Å². The molecule has 2 aliphatic heterocycles. The molecule has 29 heavy (non-hydrogen) atoms. The van der Waals surface area contributed by atoms with E-state index in [0.29, 0.717) is 17.5 Å². The molecule has 0 bridgehead atoms. The van der Waals surface area contributed by atoms with Crippen molar-refractivity contribution in [1.29, 1.82) is 0 Å². The predicted octanol–water partition coefficient (Wildman–Crippen LogP) is 3.84. The molecule has 150 valence electrons. The van der Waals surface area contributed by atoms with E-state index < -0.39 is 0 Å². The summed E-state index contributed by atoms with van der Waals surface area (Å²) in [4.78, 5) is 19.7. The topological polar surface area (TPSA) is 54.5 Å². The number of fused-ring (bicyclic) bond motifs is 2. The van der Waals surface area contributed by atoms with Gasteiger partial charge >= 0.3 is 0 Å². The van der Waals surface area contributed by atoms with Crippen LogP contribution in [0.15, 0.2) is 42.5 Å². The van der Waals surface area contributed by atoms with Crippen LogP contribution in [0, 0.1) is 0 Å². The summed E-state index contributed by atoms with van der Waals surface area (Å²) >= 11 is 1.44. The number of thiazole rings is 1. The highest BCUT2D eigenvalue weighted by Crippen LogP contribution is 2.36. The zero-order chi connectivity index (χ0) is 19.8. The summed E-state index contributed by atoms with van der Waals surface area (Å²) in [6, 6.07) is 14.2. The second-order valence-corrected chi connectivity index (χ2v) is 9.10. The van der Waals surface area contributed by atoms with Gasteiger partial charge in [0.15, 0.2) is 5.01 Å². The molecule has 0 aliphatic carbocycles. The number of benzene rings is 2. The number of ether oxygens (including phenoxy) is 1. The Balaban J connectivity index is 1.33. The van der Waals surface area contributed by atoms with Gasteiger partial charge in [0.2, 0.25) is 0 Å². The second kappa shape index (κ2) is 7.76. The van der Waals surface area contributed by atoms with E-state index in [1.807, 2.05) is 24.3 Å². The van der Waals surface area contributed by atoms with E-state index in [1.54, 1.807) is 0 Å². The molecule has 5 nitrogen and oxygen atoms in total. The second-order valence-electron chi connectivity index (χ2n) is 8.07. The highest BCUT2D eigenvalue weighted by Gasteiger charge is 2.28. The van der Waals surface area contributed by atoms with Crippen molar-refractivity contribution in [3.8, 4) is 5.75 Å². The van der Waals surface area contributed by atoms with E-state index in [2.05, 4.69) is 40.4 Å². The Morgan fingerprint density at radius 3 is 2.83 bits per heavy atom. The first kappa shape index (κ1) is 18.6. The molecule has 0 saturated carbocycles. The molecule has 1 fully saturated rings. The molecule has 1 atom stereocenters. The summed E-state index contributed by atoms with van der Waals surface area (Å²) in [5.74, 6) is 1.44. The van der Waals surface area contributed by atoms with E-state index in [-0.39, 0.29) is 11.9 Å². The maximum Gasteiger partial charge on any atom is 0.280 e. The highest BCUT2D eigenvalue weighted by atomic mass is 32.1. The number of aromatic nitrogens is 1. The van der Waals surface area contributed by atoms with E-state index in [1.165, 1.54) is 35.3 Å². The molecule has 2 aromatic carbocycles. The molecule has 1 N–H and O–H groups in total. The van der Waals surface area contributed by atoms with Crippen LogP contribution in [0.1, 0.15) is 39.7 Å². The Morgan fingerprint density at radius 1 is 1.17 bits per heavy atom. The maximum absolute atomic E-state index is 12.8. The fourth-order valence-corrected chi connectivity index (χ4v) is 5.31. The average molecular weight is 408 g/mol. The van der Waals surface area contributed by atoms with Crippen molar-refractivity contribution in [1.82, 2.24) is 15.2 Å². The summed E-state index contributed by atoms with van der Waals surface area (Å²) < 4.78 is 7.08. The molecule has 3 heterocycles. The number of nitrogens with zero attached hydrogens (tertiary/aromatic N) is 2. The number of rotatable bonds is 3. The molecule has 5 rings (SSSR count). The van der Waals surface area contributed by atoms with Gasteiger partial charge in [-0.25, -0.2) is 4.98 Å². The lowest BCUT2D eigenvalue weighted by Crippen LogP contribution is -2.43. The predicted molar refractivity (Wildman–Crippen MR) is 116 cm³/mol. The Kier molecular flexibility index (Phi) is 4.97. The van der Waals surface area contributed by atoms with E-state index in [4.69, 9.17) is 4.74 Å². The van der Waals surface area contributed by atoms with Crippen molar-refractivity contribution in [3.05, 3.63) is 58.6 Å². The molecule has 1 saturated heterocycles. The van der Waals surface area contributed by atoms with Gasteiger partial charge in [-0.1, -0.05) is 24.3 Å². The third-order valence-electron chi connectivity index (χ3n) is 6.04. The van der Waals surface area contributed by atoms with Gasteiger partial charge in [-0.3, -0.25) is 4.79 Å². The zero-order valence-electron chi connectivity index (χ0n) is 16.6. The monoisotopic (exact) mass is 407 g/mol. The smallest absolute Gasteiger partial charge is 0.280 e. The third kappa shape index (κ3) is 3.74. The molecule has 3 aromatic rings. The quantitative estimate of drug-likeness (QED) is 0.717. The average Bonchev–Trinajstić information content (AvgIpc) is 3.18. The fraction of sp³-hybridized carbons (Fsp3) is 0.391. The molecule has 0 radical (unpaired) electrons. The van der Waals surface area contributed by atoms with Crippen LogP contribution in [0.3, 0.4) is 0 Å². The largest absolute Gasteiger partial charge is 0.491 e. The van der Waals surface area contributed by atoms with Crippen molar-refractivity contribution in [2.24, 2.45) is 0 Å². The van der Waals surface area contributed by atoms with Gasteiger partial charge in [-0.15, -0.1) is 11.3 Å². The first-order chi connectivity index (χ1) is 14.2. The molecule has 1 amide bonds. The number of piperidine rings is 1. The highest BCUT2D eigenvalue weighted by molar-refractivity contribution is 7.20. The van der Waals surface area contributed by atoms with Gasteiger partial charge in [-0.2, -0.15) is 0 Å². The minimum atomic E-state index is -0.111. The van der Waals surface area contributed by atoms with Crippen LogP contribution in [-0.2, 0) is 6.42 Å². The van der Waals surface area contributed by atoms with E-state index in [9.17, 15) is 4.79 Å². The van der Waals surface area contributed by atoms with Crippen LogP contribution in [0.2, 0.25) is 0 Å². The lowest BCUT2D eigenvalue weighted by molar-refractivity contribution is 0.0915. The normalized spacial score (nSPS) is 20.2. The van der Waals surface area contributed by atoms with Crippen LogP contribution in [0.5, 0.6) is 5.75 Å². The number of hydrogen-bond acceptors (Lipinski definition) is 5. The van der Waals surface area contributed by atoms with Crippen LogP contribution in [-0.4, -0.2) is 48.6 Å². The molecule has 0 spiro atoms. The summed E-state index contributed by atoms with van der Waals surface area (Å²) in [6.45, 7) is 2.76. The lowest BCUT2D eigenvalue weighted by Gasteiger charge is -2.33. The number of hydrogen-bond donors (Lipinski definition) is 1. The molecular formula is C23H25N3O2S. The first-order valence-corrected chi connectivity index (χ1v) is 11.1. The van der Waals surface area contributed by atoms with Crippen molar-refractivity contribution in [3.63, 3.8) is 0 Å². The van der Waals surface area contributed by atoms with Crippen LogP contribution in [0.4, 0.5) is 0 Å². The van der Waals surface area contributed by atoms with Crippen molar-refractivity contribution >= 4 is 27.5 Å². The number of carbonyl (C=O) groups is 1. The standard InChI is InChI=1S/C23H25N3O2S/c1-26-11-9-15(10-12-26)17-5-4-7-20-18(17)13-16(14-28-20)24-22(27)23-25-19-6-2-3-8-21(19)29-23/h2-8,15-16H,9-14H2,1H3,(H,24,27)/t16-/m0/s1. The number of nitrogens with one attached hydrogen (secondary N) is 1. The molecule has 6 heteroatoms. The minimum absolute atomic E-state index is 0.0329. The maximum atomic E-state index is 12.8. The first-order valence-electron chi connectivity index (χ1n) is 10.3.